The lowest BCUT2D eigenvalue weighted by molar-refractivity contribution is 0.463. The zero-order valence-corrected chi connectivity index (χ0v) is 12.7. The van der Waals surface area contributed by atoms with Gasteiger partial charge >= 0.3 is 0 Å². The molecule has 0 spiro atoms. The number of rotatable bonds is 8. The molecule has 1 N–H and O–H groups in total. The maximum absolute atomic E-state index is 12.1. The van der Waals surface area contributed by atoms with E-state index in [2.05, 4.69) is 10.3 Å². The van der Waals surface area contributed by atoms with Crippen molar-refractivity contribution in [3.05, 3.63) is 30.1 Å². The highest BCUT2D eigenvalue weighted by molar-refractivity contribution is 7.89. The number of pyridine rings is 1. The average Bonchev–Trinajstić information content (AvgIpc) is 2.35. The first-order valence-electron chi connectivity index (χ1n) is 6.48. The number of hydrogen-bond donors (Lipinski definition) is 1. The molecule has 19 heavy (non-hydrogen) atoms. The van der Waals surface area contributed by atoms with Crippen LogP contribution in [0.25, 0.3) is 0 Å². The predicted octanol–water partition coefficient (Wildman–Crippen LogP) is 1.23. The van der Waals surface area contributed by atoms with Crippen molar-refractivity contribution >= 4 is 10.0 Å². The topological polar surface area (TPSA) is 62.3 Å². The van der Waals surface area contributed by atoms with E-state index < -0.39 is 10.0 Å². The third-order valence-corrected chi connectivity index (χ3v) is 4.62. The summed E-state index contributed by atoms with van der Waals surface area (Å²) in [6.07, 6.45) is 3.99. The molecule has 0 unspecified atom stereocenters. The van der Waals surface area contributed by atoms with E-state index in [0.29, 0.717) is 19.0 Å². The van der Waals surface area contributed by atoms with Gasteiger partial charge in [0.1, 0.15) is 0 Å². The Morgan fingerprint density at radius 2 is 2.16 bits per heavy atom. The molecule has 0 fully saturated rings. The zero-order valence-electron chi connectivity index (χ0n) is 11.8. The minimum Gasteiger partial charge on any atom is -0.314 e. The summed E-state index contributed by atoms with van der Waals surface area (Å²) in [6, 6.07) is 4.07. The largest absolute Gasteiger partial charge is 0.314 e. The van der Waals surface area contributed by atoms with Crippen molar-refractivity contribution in [2.24, 2.45) is 0 Å². The highest BCUT2D eigenvalue weighted by Crippen LogP contribution is 2.07. The van der Waals surface area contributed by atoms with Gasteiger partial charge in [-0.15, -0.1) is 0 Å². The van der Waals surface area contributed by atoms with Crippen LogP contribution in [0.5, 0.6) is 0 Å². The zero-order chi connectivity index (χ0) is 14.3. The van der Waals surface area contributed by atoms with Crippen LogP contribution >= 0.6 is 0 Å². The quantitative estimate of drug-likeness (QED) is 0.730. The van der Waals surface area contributed by atoms with E-state index in [1.165, 1.54) is 4.31 Å². The van der Waals surface area contributed by atoms with Crippen molar-refractivity contribution in [1.29, 1.82) is 0 Å². The summed E-state index contributed by atoms with van der Waals surface area (Å²) in [5.41, 5.74) is 0.897. The van der Waals surface area contributed by atoms with Gasteiger partial charge in [-0.2, -0.15) is 0 Å². The summed E-state index contributed by atoms with van der Waals surface area (Å²) in [5, 5.41) is 3.21. The van der Waals surface area contributed by atoms with Crippen molar-refractivity contribution in [3.8, 4) is 0 Å². The molecular formula is C13H23N3O2S. The van der Waals surface area contributed by atoms with Crippen molar-refractivity contribution in [2.45, 2.75) is 32.9 Å². The summed E-state index contributed by atoms with van der Waals surface area (Å²) in [7, 11) is -1.58. The van der Waals surface area contributed by atoms with Crippen LogP contribution in [-0.4, -0.2) is 43.1 Å². The molecule has 0 aromatic carbocycles. The Morgan fingerprint density at radius 1 is 1.42 bits per heavy atom. The van der Waals surface area contributed by atoms with Crippen LogP contribution in [-0.2, 0) is 16.6 Å². The molecule has 0 aliphatic heterocycles. The molecule has 0 saturated carbocycles. The third-order valence-electron chi connectivity index (χ3n) is 2.73. The van der Waals surface area contributed by atoms with Crippen LogP contribution in [0.3, 0.4) is 0 Å². The molecule has 1 aromatic rings. The summed E-state index contributed by atoms with van der Waals surface area (Å²) < 4.78 is 25.5. The number of aromatic nitrogens is 1. The summed E-state index contributed by atoms with van der Waals surface area (Å²) in [4.78, 5) is 3.98. The van der Waals surface area contributed by atoms with Gasteiger partial charge in [0, 0.05) is 32.0 Å². The summed E-state index contributed by atoms with van der Waals surface area (Å²) in [6.45, 7) is 5.18. The highest BCUT2D eigenvalue weighted by Gasteiger charge is 2.17. The van der Waals surface area contributed by atoms with Gasteiger partial charge in [-0.1, -0.05) is 19.9 Å². The van der Waals surface area contributed by atoms with Crippen molar-refractivity contribution in [1.82, 2.24) is 14.6 Å². The highest BCUT2D eigenvalue weighted by atomic mass is 32.2. The van der Waals surface area contributed by atoms with E-state index in [-0.39, 0.29) is 5.75 Å². The molecule has 0 amide bonds. The molecule has 1 rings (SSSR count). The first-order chi connectivity index (χ1) is 8.92. The Hall–Kier alpha value is -0.980. The van der Waals surface area contributed by atoms with Crippen molar-refractivity contribution in [2.75, 3.05) is 19.3 Å². The predicted molar refractivity (Wildman–Crippen MR) is 77.2 cm³/mol. The molecule has 108 valence electrons. The molecule has 0 aliphatic carbocycles. The molecule has 5 nitrogen and oxygen atoms in total. The molecule has 0 atom stereocenters. The Balaban J connectivity index is 2.43. The smallest absolute Gasteiger partial charge is 0.214 e. The Kier molecular flexibility index (Phi) is 6.41. The minimum atomic E-state index is -3.19. The van der Waals surface area contributed by atoms with Gasteiger partial charge < -0.3 is 5.32 Å². The molecule has 0 saturated heterocycles. The Labute approximate surface area is 116 Å². The average molecular weight is 285 g/mol. The molecule has 1 aromatic heterocycles. The van der Waals surface area contributed by atoms with Gasteiger partial charge in [-0.3, -0.25) is 4.98 Å². The lowest BCUT2D eigenvalue weighted by atomic mass is 10.3. The van der Waals surface area contributed by atoms with E-state index in [0.717, 1.165) is 12.1 Å². The van der Waals surface area contributed by atoms with Gasteiger partial charge in [-0.25, -0.2) is 12.7 Å². The van der Waals surface area contributed by atoms with Crippen LogP contribution in [0, 0.1) is 0 Å². The number of nitrogens with one attached hydrogen (secondary N) is 1. The van der Waals surface area contributed by atoms with Crippen LogP contribution in [0.15, 0.2) is 24.5 Å². The van der Waals surface area contributed by atoms with Crippen LogP contribution < -0.4 is 5.32 Å². The Bertz CT molecular complexity index is 460. The lowest BCUT2D eigenvalue weighted by Gasteiger charge is -2.17. The van der Waals surface area contributed by atoms with E-state index in [9.17, 15) is 8.42 Å². The first-order valence-corrected chi connectivity index (χ1v) is 8.09. The molecule has 0 bridgehead atoms. The fraction of sp³-hybridized carbons (Fsp3) is 0.615. The minimum absolute atomic E-state index is 0.170. The lowest BCUT2D eigenvalue weighted by Crippen LogP contribution is -2.31. The standard InChI is InChI=1S/C13H23N3O2S/c1-12(2)15-8-5-9-19(17,18)16(3)11-13-6-4-7-14-10-13/h4,6-7,10,12,15H,5,8-9,11H2,1-3H3. The number of sulfonamides is 1. The van der Waals surface area contributed by atoms with Crippen molar-refractivity contribution in [3.63, 3.8) is 0 Å². The molecule has 0 radical (unpaired) electrons. The van der Waals surface area contributed by atoms with E-state index in [1.807, 2.05) is 26.0 Å². The second-order valence-electron chi connectivity index (χ2n) is 4.90. The van der Waals surface area contributed by atoms with Gasteiger partial charge in [0.2, 0.25) is 10.0 Å². The maximum Gasteiger partial charge on any atom is 0.214 e. The van der Waals surface area contributed by atoms with Crippen LogP contribution in [0.2, 0.25) is 0 Å². The summed E-state index contributed by atoms with van der Waals surface area (Å²) in [5.74, 6) is 0.170. The van der Waals surface area contributed by atoms with E-state index in [4.69, 9.17) is 0 Å². The number of nitrogens with zero attached hydrogens (tertiary/aromatic N) is 2. The third kappa shape index (κ3) is 6.13. The van der Waals surface area contributed by atoms with Gasteiger partial charge in [-0.05, 0) is 24.6 Å². The first kappa shape index (κ1) is 16.1. The monoisotopic (exact) mass is 285 g/mol. The molecule has 1 heterocycles. The fourth-order valence-corrected chi connectivity index (χ4v) is 2.81. The van der Waals surface area contributed by atoms with E-state index in [1.54, 1.807) is 19.4 Å². The van der Waals surface area contributed by atoms with Crippen molar-refractivity contribution < 1.29 is 8.42 Å². The van der Waals surface area contributed by atoms with Gasteiger partial charge in [0.25, 0.3) is 0 Å². The van der Waals surface area contributed by atoms with Crippen LogP contribution in [0.4, 0.5) is 0 Å². The normalized spacial score (nSPS) is 12.3. The molecule has 0 aliphatic rings. The second kappa shape index (κ2) is 7.57. The summed E-state index contributed by atoms with van der Waals surface area (Å²) >= 11 is 0. The number of hydrogen-bond acceptors (Lipinski definition) is 4. The van der Waals surface area contributed by atoms with Gasteiger partial charge in [0.15, 0.2) is 0 Å². The molecular weight excluding hydrogens is 262 g/mol. The SMILES string of the molecule is CC(C)NCCCS(=O)(=O)N(C)Cc1cccnc1. The maximum atomic E-state index is 12.1. The fourth-order valence-electron chi connectivity index (χ4n) is 1.65. The molecule has 6 heteroatoms. The van der Waals surface area contributed by atoms with Gasteiger partial charge in [0.05, 0.1) is 5.75 Å². The Morgan fingerprint density at radius 3 is 2.74 bits per heavy atom. The second-order valence-corrected chi connectivity index (χ2v) is 7.09. The van der Waals surface area contributed by atoms with Crippen LogP contribution in [0.1, 0.15) is 25.8 Å². The van der Waals surface area contributed by atoms with E-state index >= 15 is 0 Å².